The van der Waals surface area contributed by atoms with Gasteiger partial charge < -0.3 is 10.4 Å². The van der Waals surface area contributed by atoms with E-state index in [1.54, 1.807) is 18.2 Å². The molecule has 0 saturated carbocycles. The summed E-state index contributed by atoms with van der Waals surface area (Å²) < 4.78 is 27.1. The molecule has 1 heterocycles. The zero-order valence-electron chi connectivity index (χ0n) is 9.65. The van der Waals surface area contributed by atoms with Crippen LogP contribution in [0.15, 0.2) is 42.5 Å². The third kappa shape index (κ3) is 1.55. The molecular formula is C14H9F2NO2. The summed E-state index contributed by atoms with van der Waals surface area (Å²) in [5.74, 6) is -2.35. The molecule has 96 valence electrons. The van der Waals surface area contributed by atoms with Crippen LogP contribution in [0, 0.1) is 11.6 Å². The standard InChI is InChI=1S/C14H9F2NO2/c15-8-5-6-11(16)10(7-8)14(19)9-3-1-2-4-12(9)17-13(14)18/h1-7,19H,(H,17,18). The Kier molecular flexibility index (Phi) is 2.40. The number of halogens is 2. The van der Waals surface area contributed by atoms with Crippen LogP contribution in [0.2, 0.25) is 0 Å². The molecule has 1 aliphatic heterocycles. The number of hydrogen-bond acceptors (Lipinski definition) is 2. The lowest BCUT2D eigenvalue weighted by Gasteiger charge is -2.21. The van der Waals surface area contributed by atoms with E-state index in [0.717, 1.165) is 18.2 Å². The van der Waals surface area contributed by atoms with Gasteiger partial charge in [-0.05, 0) is 24.3 Å². The second-order valence-corrected chi connectivity index (χ2v) is 4.33. The topological polar surface area (TPSA) is 49.3 Å². The van der Waals surface area contributed by atoms with Crippen LogP contribution in [0.5, 0.6) is 0 Å². The van der Waals surface area contributed by atoms with Crippen molar-refractivity contribution in [1.82, 2.24) is 0 Å². The van der Waals surface area contributed by atoms with E-state index in [4.69, 9.17) is 0 Å². The lowest BCUT2D eigenvalue weighted by atomic mass is 9.87. The minimum Gasteiger partial charge on any atom is -0.372 e. The summed E-state index contributed by atoms with van der Waals surface area (Å²) in [6, 6.07) is 9.02. The number of carbonyl (C=O) groups excluding carboxylic acids is 1. The summed E-state index contributed by atoms with van der Waals surface area (Å²) in [6.07, 6.45) is 0. The zero-order valence-corrected chi connectivity index (χ0v) is 9.65. The van der Waals surface area contributed by atoms with Crippen molar-refractivity contribution in [2.45, 2.75) is 5.60 Å². The predicted molar refractivity (Wildman–Crippen MR) is 64.4 cm³/mol. The first-order valence-electron chi connectivity index (χ1n) is 5.62. The number of hydrogen-bond donors (Lipinski definition) is 2. The van der Waals surface area contributed by atoms with Gasteiger partial charge in [-0.2, -0.15) is 0 Å². The maximum Gasteiger partial charge on any atom is 0.265 e. The average molecular weight is 261 g/mol. The maximum atomic E-state index is 13.8. The maximum absolute atomic E-state index is 13.8. The SMILES string of the molecule is O=C1Nc2ccccc2C1(O)c1cc(F)ccc1F. The summed E-state index contributed by atoms with van der Waals surface area (Å²) in [4.78, 5) is 12.0. The van der Waals surface area contributed by atoms with E-state index < -0.39 is 28.7 Å². The second kappa shape index (κ2) is 3.86. The lowest BCUT2D eigenvalue weighted by molar-refractivity contribution is -0.129. The van der Waals surface area contributed by atoms with Crippen molar-refractivity contribution in [2.24, 2.45) is 0 Å². The van der Waals surface area contributed by atoms with Gasteiger partial charge in [-0.25, -0.2) is 8.78 Å². The molecule has 2 aromatic rings. The third-order valence-corrected chi connectivity index (χ3v) is 3.21. The Morgan fingerprint density at radius 2 is 1.79 bits per heavy atom. The van der Waals surface area contributed by atoms with Gasteiger partial charge in [0.1, 0.15) is 11.6 Å². The summed E-state index contributed by atoms with van der Waals surface area (Å²) in [5.41, 5.74) is -2.00. The van der Waals surface area contributed by atoms with Crippen molar-refractivity contribution < 1.29 is 18.7 Å². The van der Waals surface area contributed by atoms with Crippen LogP contribution in [0.25, 0.3) is 0 Å². The molecule has 1 atom stereocenters. The minimum atomic E-state index is -2.21. The summed E-state index contributed by atoms with van der Waals surface area (Å²) >= 11 is 0. The highest BCUT2D eigenvalue weighted by Crippen LogP contribution is 2.41. The number of fused-ring (bicyclic) bond motifs is 1. The smallest absolute Gasteiger partial charge is 0.265 e. The Hall–Kier alpha value is -2.27. The Morgan fingerprint density at radius 1 is 1.05 bits per heavy atom. The Morgan fingerprint density at radius 3 is 2.58 bits per heavy atom. The molecule has 0 saturated heterocycles. The first-order valence-corrected chi connectivity index (χ1v) is 5.62. The van der Waals surface area contributed by atoms with Crippen LogP contribution in [0.3, 0.4) is 0 Å². The Bertz CT molecular complexity index is 687. The molecule has 0 aliphatic carbocycles. The fourth-order valence-corrected chi connectivity index (χ4v) is 2.28. The van der Waals surface area contributed by atoms with Crippen molar-refractivity contribution in [2.75, 3.05) is 5.32 Å². The molecule has 2 aromatic carbocycles. The molecule has 19 heavy (non-hydrogen) atoms. The van der Waals surface area contributed by atoms with Crippen molar-refractivity contribution in [3.8, 4) is 0 Å². The van der Waals surface area contributed by atoms with Gasteiger partial charge in [-0.1, -0.05) is 18.2 Å². The van der Waals surface area contributed by atoms with Crippen LogP contribution in [-0.4, -0.2) is 11.0 Å². The fraction of sp³-hybridized carbons (Fsp3) is 0.0714. The molecule has 0 spiro atoms. The van der Waals surface area contributed by atoms with E-state index in [1.165, 1.54) is 6.07 Å². The zero-order chi connectivity index (χ0) is 13.6. The normalized spacial score (nSPS) is 21.1. The number of amides is 1. The quantitative estimate of drug-likeness (QED) is 0.826. The number of carbonyl (C=O) groups is 1. The van der Waals surface area contributed by atoms with Gasteiger partial charge in [0.05, 0.1) is 0 Å². The van der Waals surface area contributed by atoms with E-state index in [2.05, 4.69) is 5.32 Å². The van der Waals surface area contributed by atoms with E-state index in [0.29, 0.717) is 5.69 Å². The van der Waals surface area contributed by atoms with Crippen molar-refractivity contribution in [3.05, 3.63) is 65.2 Å². The number of aliphatic hydroxyl groups is 1. The summed E-state index contributed by atoms with van der Waals surface area (Å²) in [6.45, 7) is 0. The van der Waals surface area contributed by atoms with Crippen LogP contribution in [0.4, 0.5) is 14.5 Å². The molecule has 0 radical (unpaired) electrons. The number of nitrogens with one attached hydrogen (secondary N) is 1. The number of anilines is 1. The minimum absolute atomic E-state index is 0.213. The first-order chi connectivity index (χ1) is 9.03. The number of benzene rings is 2. The van der Waals surface area contributed by atoms with Gasteiger partial charge >= 0.3 is 0 Å². The van der Waals surface area contributed by atoms with E-state index in [-0.39, 0.29) is 5.56 Å². The van der Waals surface area contributed by atoms with E-state index in [9.17, 15) is 18.7 Å². The summed E-state index contributed by atoms with van der Waals surface area (Å²) in [7, 11) is 0. The number of rotatable bonds is 1. The molecule has 2 N–H and O–H groups in total. The Balaban J connectivity index is 2.28. The molecule has 1 unspecified atom stereocenters. The molecule has 1 aliphatic rings. The monoisotopic (exact) mass is 261 g/mol. The van der Waals surface area contributed by atoms with Crippen molar-refractivity contribution in [1.29, 1.82) is 0 Å². The molecule has 3 nitrogen and oxygen atoms in total. The van der Waals surface area contributed by atoms with Crippen LogP contribution >= 0.6 is 0 Å². The largest absolute Gasteiger partial charge is 0.372 e. The third-order valence-electron chi connectivity index (χ3n) is 3.21. The van der Waals surface area contributed by atoms with Gasteiger partial charge in [-0.3, -0.25) is 4.79 Å². The average Bonchev–Trinajstić information content (AvgIpc) is 2.66. The van der Waals surface area contributed by atoms with Crippen LogP contribution in [0.1, 0.15) is 11.1 Å². The van der Waals surface area contributed by atoms with Gasteiger partial charge in [0, 0.05) is 16.8 Å². The Labute approximate surface area is 107 Å². The summed E-state index contributed by atoms with van der Waals surface area (Å²) in [5, 5.41) is 13.0. The van der Waals surface area contributed by atoms with Crippen molar-refractivity contribution >= 4 is 11.6 Å². The van der Waals surface area contributed by atoms with Gasteiger partial charge in [0.25, 0.3) is 5.91 Å². The predicted octanol–water partition coefficient (Wildman–Crippen LogP) is 2.15. The molecule has 1 amide bonds. The molecule has 0 bridgehead atoms. The molecular weight excluding hydrogens is 252 g/mol. The molecule has 5 heteroatoms. The van der Waals surface area contributed by atoms with Gasteiger partial charge in [0.2, 0.25) is 0 Å². The highest BCUT2D eigenvalue weighted by molar-refractivity contribution is 6.07. The lowest BCUT2D eigenvalue weighted by Crippen LogP contribution is -2.36. The van der Waals surface area contributed by atoms with Crippen LogP contribution < -0.4 is 5.32 Å². The highest BCUT2D eigenvalue weighted by Gasteiger charge is 2.48. The number of para-hydroxylation sites is 1. The molecule has 0 aromatic heterocycles. The fourth-order valence-electron chi connectivity index (χ4n) is 2.28. The second-order valence-electron chi connectivity index (χ2n) is 4.33. The highest BCUT2D eigenvalue weighted by atomic mass is 19.1. The van der Waals surface area contributed by atoms with E-state index in [1.807, 2.05) is 0 Å². The van der Waals surface area contributed by atoms with Crippen molar-refractivity contribution in [3.63, 3.8) is 0 Å². The van der Waals surface area contributed by atoms with Crippen LogP contribution in [-0.2, 0) is 10.4 Å². The van der Waals surface area contributed by atoms with Gasteiger partial charge in [0.15, 0.2) is 5.60 Å². The first kappa shape index (κ1) is 11.8. The molecule has 3 rings (SSSR count). The van der Waals surface area contributed by atoms with E-state index >= 15 is 0 Å². The van der Waals surface area contributed by atoms with Gasteiger partial charge in [-0.15, -0.1) is 0 Å². The molecule has 0 fully saturated rings.